The van der Waals surface area contributed by atoms with Gasteiger partial charge < -0.3 is 16.0 Å². The molecule has 0 bridgehead atoms. The van der Waals surface area contributed by atoms with Gasteiger partial charge in [0.15, 0.2) is 5.96 Å². The molecule has 0 radical (unpaired) electrons. The number of carbonyl (C=O) groups excluding carboxylic acids is 1. The van der Waals surface area contributed by atoms with Gasteiger partial charge in [0.05, 0.1) is 0 Å². The van der Waals surface area contributed by atoms with Crippen molar-refractivity contribution in [3.8, 4) is 0 Å². The van der Waals surface area contributed by atoms with Crippen molar-refractivity contribution in [3.05, 3.63) is 29.3 Å². The molecular formula is C17H26ClIN4OS. The summed E-state index contributed by atoms with van der Waals surface area (Å²) in [7, 11) is 1.77. The average molecular weight is 497 g/mol. The fourth-order valence-electron chi connectivity index (χ4n) is 2.45. The highest BCUT2D eigenvalue weighted by molar-refractivity contribution is 14.0. The second-order valence-corrected chi connectivity index (χ2v) is 7.52. The maximum Gasteiger partial charge on any atom is 0.224 e. The zero-order chi connectivity index (χ0) is 17.2. The molecule has 25 heavy (non-hydrogen) atoms. The zero-order valence-corrected chi connectivity index (χ0v) is 18.3. The molecular weight excluding hydrogens is 471 g/mol. The molecule has 1 amide bonds. The minimum atomic E-state index is 0. The van der Waals surface area contributed by atoms with Gasteiger partial charge in [0.25, 0.3) is 0 Å². The van der Waals surface area contributed by atoms with E-state index in [0.717, 1.165) is 24.6 Å². The molecule has 2 rings (SSSR count). The smallest absolute Gasteiger partial charge is 0.224 e. The normalized spacial score (nSPS) is 16.9. The Labute approximate surface area is 176 Å². The lowest BCUT2D eigenvalue weighted by Gasteiger charge is -2.14. The molecule has 8 heteroatoms. The molecule has 1 aliphatic rings. The minimum Gasteiger partial charge on any atom is -0.356 e. The van der Waals surface area contributed by atoms with Crippen LogP contribution in [-0.2, 0) is 4.79 Å². The van der Waals surface area contributed by atoms with E-state index in [1.807, 2.05) is 11.8 Å². The molecule has 1 unspecified atom stereocenters. The molecule has 1 aromatic rings. The van der Waals surface area contributed by atoms with Gasteiger partial charge in [-0.2, -0.15) is 11.8 Å². The number of anilines is 1. The average Bonchev–Trinajstić information content (AvgIpc) is 3.10. The summed E-state index contributed by atoms with van der Waals surface area (Å²) in [4.78, 5) is 16.1. The number of amides is 1. The molecule has 1 aliphatic heterocycles. The molecule has 1 heterocycles. The fourth-order valence-corrected chi connectivity index (χ4v) is 3.78. The zero-order valence-electron chi connectivity index (χ0n) is 14.4. The third-order valence-electron chi connectivity index (χ3n) is 3.75. The van der Waals surface area contributed by atoms with Gasteiger partial charge in [-0.05, 0) is 49.3 Å². The summed E-state index contributed by atoms with van der Waals surface area (Å²) < 4.78 is 0. The number of halogens is 2. The number of guanidine groups is 1. The summed E-state index contributed by atoms with van der Waals surface area (Å²) in [5.74, 6) is 2.08. The van der Waals surface area contributed by atoms with Crippen molar-refractivity contribution >= 4 is 64.9 Å². The van der Waals surface area contributed by atoms with Gasteiger partial charge in [-0.1, -0.05) is 11.6 Å². The highest BCUT2D eigenvalue weighted by Crippen LogP contribution is 2.25. The van der Waals surface area contributed by atoms with Crippen LogP contribution in [0.25, 0.3) is 0 Å². The summed E-state index contributed by atoms with van der Waals surface area (Å²) in [5, 5.41) is 10.8. The van der Waals surface area contributed by atoms with Crippen LogP contribution in [0.4, 0.5) is 5.69 Å². The third kappa shape index (κ3) is 9.01. The predicted molar refractivity (Wildman–Crippen MR) is 120 cm³/mol. The fraction of sp³-hybridized carbons (Fsp3) is 0.529. The van der Waals surface area contributed by atoms with Crippen molar-refractivity contribution < 1.29 is 4.79 Å². The van der Waals surface area contributed by atoms with E-state index < -0.39 is 0 Å². The lowest BCUT2D eigenvalue weighted by Crippen LogP contribution is -2.40. The third-order valence-corrected chi connectivity index (χ3v) is 5.40. The Bertz CT molecular complexity index is 550. The Hall–Kier alpha value is -0.670. The highest BCUT2D eigenvalue weighted by atomic mass is 127. The number of nitrogens with zero attached hydrogens (tertiary/aromatic N) is 1. The van der Waals surface area contributed by atoms with Gasteiger partial charge in [-0.15, -0.1) is 24.0 Å². The van der Waals surface area contributed by atoms with Gasteiger partial charge in [0.2, 0.25) is 5.91 Å². The monoisotopic (exact) mass is 496 g/mol. The molecule has 3 N–H and O–H groups in total. The summed E-state index contributed by atoms with van der Waals surface area (Å²) in [6.07, 6.45) is 3.80. The highest BCUT2D eigenvalue weighted by Gasteiger charge is 2.15. The van der Waals surface area contributed by atoms with E-state index in [0.29, 0.717) is 23.2 Å². The Morgan fingerprint density at radius 2 is 2.08 bits per heavy atom. The first-order chi connectivity index (χ1) is 11.7. The standard InChI is InChI=1S/C17H25ClN4OS.HI/c1-19-17(21-12-15-4-3-11-24-15)20-10-2-5-16(23)22-14-8-6-13(18)7-9-14;/h6-9,15H,2-5,10-12H2,1H3,(H,22,23)(H2,19,20,21);1H. The van der Waals surface area contributed by atoms with Crippen molar-refractivity contribution in [2.75, 3.05) is 31.2 Å². The van der Waals surface area contributed by atoms with Crippen LogP contribution < -0.4 is 16.0 Å². The molecule has 0 saturated carbocycles. The number of nitrogens with one attached hydrogen (secondary N) is 3. The van der Waals surface area contributed by atoms with E-state index in [-0.39, 0.29) is 29.9 Å². The SMILES string of the molecule is CN=C(NCCCC(=O)Nc1ccc(Cl)cc1)NCC1CCCS1.I. The lowest BCUT2D eigenvalue weighted by molar-refractivity contribution is -0.116. The first kappa shape index (κ1) is 22.4. The van der Waals surface area contributed by atoms with Gasteiger partial charge in [0, 0.05) is 42.5 Å². The van der Waals surface area contributed by atoms with Crippen LogP contribution in [0.1, 0.15) is 25.7 Å². The molecule has 0 spiro atoms. The maximum absolute atomic E-state index is 11.9. The second-order valence-electron chi connectivity index (χ2n) is 5.67. The second kappa shape index (κ2) is 12.6. The van der Waals surface area contributed by atoms with Crippen molar-refractivity contribution in [2.45, 2.75) is 30.9 Å². The van der Waals surface area contributed by atoms with E-state index in [9.17, 15) is 4.79 Å². The summed E-state index contributed by atoms with van der Waals surface area (Å²) >= 11 is 7.84. The number of hydrogen-bond acceptors (Lipinski definition) is 3. The van der Waals surface area contributed by atoms with Gasteiger partial charge in [0.1, 0.15) is 0 Å². The number of carbonyl (C=O) groups is 1. The number of aliphatic imine (C=N–C) groups is 1. The van der Waals surface area contributed by atoms with Crippen LogP contribution in [0.3, 0.4) is 0 Å². The van der Waals surface area contributed by atoms with Crippen molar-refractivity contribution in [2.24, 2.45) is 4.99 Å². The van der Waals surface area contributed by atoms with Gasteiger partial charge >= 0.3 is 0 Å². The van der Waals surface area contributed by atoms with E-state index in [2.05, 4.69) is 20.9 Å². The first-order valence-electron chi connectivity index (χ1n) is 8.29. The minimum absolute atomic E-state index is 0. The first-order valence-corrected chi connectivity index (χ1v) is 9.71. The van der Waals surface area contributed by atoms with Crippen LogP contribution in [0.5, 0.6) is 0 Å². The Morgan fingerprint density at radius 1 is 1.32 bits per heavy atom. The van der Waals surface area contributed by atoms with E-state index in [1.54, 1.807) is 31.3 Å². The van der Waals surface area contributed by atoms with Crippen LogP contribution in [0, 0.1) is 0 Å². The molecule has 1 atom stereocenters. The largest absolute Gasteiger partial charge is 0.356 e. The Morgan fingerprint density at radius 3 is 2.72 bits per heavy atom. The van der Waals surface area contributed by atoms with Crippen LogP contribution in [-0.4, -0.2) is 43.0 Å². The quantitative estimate of drug-likeness (QED) is 0.233. The van der Waals surface area contributed by atoms with Gasteiger partial charge in [-0.25, -0.2) is 0 Å². The summed E-state index contributed by atoms with van der Waals surface area (Å²) in [6, 6.07) is 7.12. The van der Waals surface area contributed by atoms with E-state index >= 15 is 0 Å². The molecule has 140 valence electrons. The van der Waals surface area contributed by atoms with Crippen LogP contribution in [0.15, 0.2) is 29.3 Å². The molecule has 0 aliphatic carbocycles. The van der Waals surface area contributed by atoms with Crippen molar-refractivity contribution in [3.63, 3.8) is 0 Å². The molecule has 1 saturated heterocycles. The van der Waals surface area contributed by atoms with E-state index in [4.69, 9.17) is 11.6 Å². The van der Waals surface area contributed by atoms with Crippen molar-refractivity contribution in [1.29, 1.82) is 0 Å². The van der Waals surface area contributed by atoms with Crippen LogP contribution in [0.2, 0.25) is 5.02 Å². The molecule has 1 fully saturated rings. The van der Waals surface area contributed by atoms with E-state index in [1.165, 1.54) is 18.6 Å². The summed E-state index contributed by atoms with van der Waals surface area (Å²) in [6.45, 7) is 1.66. The number of thioether (sulfide) groups is 1. The molecule has 0 aromatic heterocycles. The predicted octanol–water partition coefficient (Wildman–Crippen LogP) is 3.74. The topological polar surface area (TPSA) is 65.5 Å². The number of hydrogen-bond donors (Lipinski definition) is 3. The number of rotatable bonds is 7. The summed E-state index contributed by atoms with van der Waals surface area (Å²) in [5.41, 5.74) is 0.767. The Balaban J connectivity index is 0.00000312. The maximum atomic E-state index is 11.9. The van der Waals surface area contributed by atoms with Gasteiger partial charge in [-0.3, -0.25) is 9.79 Å². The molecule has 5 nitrogen and oxygen atoms in total. The number of benzene rings is 1. The Kier molecular flexibility index (Phi) is 11.3. The molecule has 1 aromatic carbocycles. The lowest BCUT2D eigenvalue weighted by atomic mass is 10.2. The van der Waals surface area contributed by atoms with Crippen molar-refractivity contribution in [1.82, 2.24) is 10.6 Å². The van der Waals surface area contributed by atoms with Crippen LogP contribution >= 0.6 is 47.3 Å².